The van der Waals surface area contributed by atoms with Gasteiger partial charge in [0.1, 0.15) is 11.5 Å². The van der Waals surface area contributed by atoms with Crippen molar-refractivity contribution < 1.29 is 20.1 Å². The van der Waals surface area contributed by atoms with Gasteiger partial charge in [-0.15, -0.1) is 0 Å². The molecule has 1 heterocycles. The van der Waals surface area contributed by atoms with Crippen molar-refractivity contribution in [3.63, 3.8) is 0 Å². The number of nitrogens with zero attached hydrogens (tertiary/aromatic N) is 1. The maximum atomic E-state index is 11.4. The molecule has 0 aromatic heterocycles. The summed E-state index contributed by atoms with van der Waals surface area (Å²) in [7, 11) is 1.63. The first-order chi connectivity index (χ1) is 14.1. The Balaban J connectivity index is 1.71. The van der Waals surface area contributed by atoms with E-state index in [9.17, 15) is 15.3 Å². The fourth-order valence-electron chi connectivity index (χ4n) is 4.48. The number of hydrogen-bond donors (Lipinski definition) is 3. The highest BCUT2D eigenvalue weighted by atomic mass is 16.5. The molecule has 5 heteroatoms. The molecule has 1 aliphatic carbocycles. The van der Waals surface area contributed by atoms with Crippen molar-refractivity contribution in [2.24, 2.45) is 10.9 Å². The number of hydrogen-bond acceptors (Lipinski definition) is 5. The maximum absolute atomic E-state index is 11.4. The summed E-state index contributed by atoms with van der Waals surface area (Å²) < 4.78 is 5.23. The van der Waals surface area contributed by atoms with E-state index in [-0.39, 0.29) is 18.3 Å². The minimum Gasteiger partial charge on any atom is -0.508 e. The molecule has 0 bridgehead atoms. The van der Waals surface area contributed by atoms with Gasteiger partial charge in [0.25, 0.3) is 0 Å². The topological polar surface area (TPSA) is 82.3 Å². The van der Waals surface area contributed by atoms with Crippen LogP contribution in [0.25, 0.3) is 0 Å². The molecule has 2 aliphatic rings. The Labute approximate surface area is 171 Å². The van der Waals surface area contributed by atoms with Crippen LogP contribution in [0, 0.1) is 5.92 Å². The summed E-state index contributed by atoms with van der Waals surface area (Å²) in [6.07, 6.45) is 7.84. The SMILES string of the molecule is COc1ccc(CC(O)C(c2ccc(O)c(CO)c2)C2(C3CC3)C=CC=N2)cc1. The van der Waals surface area contributed by atoms with E-state index in [2.05, 4.69) is 6.08 Å². The normalized spacial score (nSPS) is 22.6. The molecule has 1 aliphatic heterocycles. The van der Waals surface area contributed by atoms with Crippen molar-refractivity contribution in [1.82, 2.24) is 0 Å². The summed E-state index contributed by atoms with van der Waals surface area (Å²) >= 11 is 0. The van der Waals surface area contributed by atoms with Gasteiger partial charge in [-0.3, -0.25) is 4.99 Å². The largest absolute Gasteiger partial charge is 0.508 e. The van der Waals surface area contributed by atoms with Gasteiger partial charge in [0.05, 0.1) is 25.4 Å². The van der Waals surface area contributed by atoms with Gasteiger partial charge in [-0.05, 0) is 66.6 Å². The highest BCUT2D eigenvalue weighted by molar-refractivity contribution is 5.76. The number of ether oxygens (including phenoxy) is 1. The van der Waals surface area contributed by atoms with E-state index in [0.29, 0.717) is 17.9 Å². The van der Waals surface area contributed by atoms with Gasteiger partial charge in [-0.25, -0.2) is 0 Å². The fourth-order valence-corrected chi connectivity index (χ4v) is 4.48. The van der Waals surface area contributed by atoms with Crippen molar-refractivity contribution in [1.29, 1.82) is 0 Å². The van der Waals surface area contributed by atoms with Gasteiger partial charge >= 0.3 is 0 Å². The van der Waals surface area contributed by atoms with Crippen LogP contribution in [0.1, 0.15) is 35.4 Å². The molecule has 3 atom stereocenters. The second-order valence-corrected chi connectivity index (χ2v) is 7.94. The average molecular weight is 393 g/mol. The van der Waals surface area contributed by atoms with E-state index in [1.807, 2.05) is 42.6 Å². The zero-order valence-corrected chi connectivity index (χ0v) is 16.5. The van der Waals surface area contributed by atoms with Crippen LogP contribution in [0.2, 0.25) is 0 Å². The molecule has 4 rings (SSSR count). The van der Waals surface area contributed by atoms with Crippen molar-refractivity contribution in [2.45, 2.75) is 43.4 Å². The van der Waals surface area contributed by atoms with Gasteiger partial charge < -0.3 is 20.1 Å². The molecule has 29 heavy (non-hydrogen) atoms. The molecule has 1 fully saturated rings. The summed E-state index contributed by atoms with van der Waals surface area (Å²) in [6, 6.07) is 12.9. The van der Waals surface area contributed by atoms with Crippen molar-refractivity contribution in [3.8, 4) is 11.5 Å². The number of aliphatic imine (C=N–C) groups is 1. The van der Waals surface area contributed by atoms with E-state index in [0.717, 1.165) is 29.7 Å². The third-order valence-electron chi connectivity index (χ3n) is 6.10. The van der Waals surface area contributed by atoms with Crippen LogP contribution >= 0.6 is 0 Å². The zero-order chi connectivity index (χ0) is 20.4. The van der Waals surface area contributed by atoms with Gasteiger partial charge in [0.15, 0.2) is 0 Å². The van der Waals surface area contributed by atoms with E-state index < -0.39 is 11.6 Å². The van der Waals surface area contributed by atoms with Gasteiger partial charge in [0, 0.05) is 17.7 Å². The van der Waals surface area contributed by atoms with Gasteiger partial charge in [0.2, 0.25) is 0 Å². The Morgan fingerprint density at radius 3 is 2.52 bits per heavy atom. The minimum absolute atomic E-state index is 0.0607. The lowest BCUT2D eigenvalue weighted by Gasteiger charge is -2.38. The molecule has 0 saturated heterocycles. The van der Waals surface area contributed by atoms with Crippen molar-refractivity contribution >= 4 is 6.21 Å². The monoisotopic (exact) mass is 393 g/mol. The molecule has 5 nitrogen and oxygen atoms in total. The van der Waals surface area contributed by atoms with Crippen LogP contribution < -0.4 is 4.74 Å². The summed E-state index contributed by atoms with van der Waals surface area (Å²) in [5, 5.41) is 31.0. The van der Waals surface area contributed by atoms with E-state index in [1.54, 1.807) is 19.2 Å². The predicted molar refractivity (Wildman–Crippen MR) is 113 cm³/mol. The Morgan fingerprint density at radius 1 is 1.17 bits per heavy atom. The number of aliphatic hydroxyl groups excluding tert-OH is 2. The second kappa shape index (κ2) is 8.01. The molecule has 152 valence electrons. The van der Waals surface area contributed by atoms with Crippen LogP contribution in [-0.4, -0.2) is 40.3 Å². The highest BCUT2D eigenvalue weighted by Crippen LogP contribution is 2.53. The first-order valence-corrected chi connectivity index (χ1v) is 10.0. The Kier molecular flexibility index (Phi) is 5.43. The quantitative estimate of drug-likeness (QED) is 0.642. The number of aliphatic hydroxyl groups is 2. The van der Waals surface area contributed by atoms with Crippen LogP contribution in [0.5, 0.6) is 11.5 Å². The number of phenols is 1. The fraction of sp³-hybridized carbons (Fsp3) is 0.375. The maximum Gasteiger partial charge on any atom is 0.121 e. The van der Waals surface area contributed by atoms with E-state index >= 15 is 0 Å². The summed E-state index contributed by atoms with van der Waals surface area (Å²) in [5.74, 6) is 0.951. The molecular weight excluding hydrogens is 366 g/mol. The third-order valence-corrected chi connectivity index (χ3v) is 6.10. The summed E-state index contributed by atoms with van der Waals surface area (Å²) in [5.41, 5.74) is 1.86. The predicted octanol–water partition coefficient (Wildman–Crippen LogP) is 3.37. The molecule has 0 amide bonds. The number of allylic oxidation sites excluding steroid dienone is 1. The van der Waals surface area contributed by atoms with E-state index in [4.69, 9.17) is 9.73 Å². The molecule has 3 N–H and O–H groups in total. The standard InChI is InChI=1S/C24H27NO4/c1-29-20-8-3-16(4-9-20)13-22(28)23(17-5-10-21(27)18(14-17)15-26)24(19-6-7-19)11-2-12-25-24/h2-5,8-12,14,19,22-23,26-28H,6-7,13,15H2,1H3. The van der Waals surface area contributed by atoms with Crippen LogP contribution in [0.4, 0.5) is 0 Å². The van der Waals surface area contributed by atoms with Crippen LogP contribution in [-0.2, 0) is 13.0 Å². The van der Waals surface area contributed by atoms with Crippen molar-refractivity contribution in [3.05, 3.63) is 71.3 Å². The smallest absolute Gasteiger partial charge is 0.121 e. The van der Waals surface area contributed by atoms with Gasteiger partial charge in [-0.1, -0.05) is 24.3 Å². The minimum atomic E-state index is -0.681. The Morgan fingerprint density at radius 2 is 1.93 bits per heavy atom. The lowest BCUT2D eigenvalue weighted by Crippen LogP contribution is -2.41. The van der Waals surface area contributed by atoms with Crippen LogP contribution in [0.3, 0.4) is 0 Å². The molecule has 2 aromatic rings. The van der Waals surface area contributed by atoms with Crippen molar-refractivity contribution in [2.75, 3.05) is 7.11 Å². The Hall–Kier alpha value is -2.63. The number of methoxy groups -OCH3 is 1. The second-order valence-electron chi connectivity index (χ2n) is 7.94. The summed E-state index contributed by atoms with van der Waals surface area (Å²) in [4.78, 5) is 4.83. The highest BCUT2D eigenvalue weighted by Gasteiger charge is 2.52. The zero-order valence-electron chi connectivity index (χ0n) is 16.5. The first-order valence-electron chi connectivity index (χ1n) is 10.0. The van der Waals surface area contributed by atoms with E-state index in [1.165, 1.54) is 0 Å². The first kappa shape index (κ1) is 19.7. The van der Waals surface area contributed by atoms with Crippen LogP contribution in [0.15, 0.2) is 59.6 Å². The number of rotatable bonds is 8. The molecule has 0 radical (unpaired) electrons. The third kappa shape index (κ3) is 3.80. The summed E-state index contributed by atoms with van der Waals surface area (Å²) in [6.45, 7) is -0.253. The molecule has 1 saturated carbocycles. The lowest BCUT2D eigenvalue weighted by atomic mass is 9.72. The molecule has 0 spiro atoms. The molecule has 2 aromatic carbocycles. The molecule has 3 unspecified atom stereocenters. The molecular formula is C24H27NO4. The average Bonchev–Trinajstić information content (AvgIpc) is 3.49. The van der Waals surface area contributed by atoms with Gasteiger partial charge in [-0.2, -0.15) is 0 Å². The number of benzene rings is 2. The lowest BCUT2D eigenvalue weighted by molar-refractivity contribution is 0.110. The number of aromatic hydroxyl groups is 1. The Bertz CT molecular complexity index is 903.